The van der Waals surface area contributed by atoms with E-state index < -0.39 is 0 Å². The van der Waals surface area contributed by atoms with Crippen LogP contribution in [0.15, 0.2) is 54.7 Å². The van der Waals surface area contributed by atoms with Gasteiger partial charge in [-0.15, -0.1) is 0 Å². The smallest absolute Gasteiger partial charge is 0.271 e. The molecule has 0 atom stereocenters. The Hall–Kier alpha value is -4.11. The number of nitrogens with zero attached hydrogens (tertiary/aromatic N) is 4. The zero-order chi connectivity index (χ0) is 24.7. The third kappa shape index (κ3) is 4.26. The van der Waals surface area contributed by atoms with Crippen molar-refractivity contribution in [2.24, 2.45) is 0 Å². The molecule has 9 heteroatoms. The maximum Gasteiger partial charge on any atom is 0.271 e. The summed E-state index contributed by atoms with van der Waals surface area (Å²) in [6.45, 7) is 6.20. The molecule has 0 unspecified atom stereocenters. The zero-order valence-corrected chi connectivity index (χ0v) is 19.6. The maximum absolute atomic E-state index is 13.6. The topological polar surface area (TPSA) is 108 Å². The molecule has 35 heavy (non-hydrogen) atoms. The van der Waals surface area contributed by atoms with Crippen LogP contribution in [0.1, 0.15) is 37.1 Å². The van der Waals surface area contributed by atoms with Crippen molar-refractivity contribution in [1.29, 1.82) is 0 Å². The standard InChI is InChI=1S/C26H25FN6O2/c1-26(2,3)25-31-21(15-4-8-17(27)9-5-15)22(32-25)18-10-6-16-7-11-20-29-19(24(35)28-12-13-34)14-33(20)23(16)30-18/h4-11,14,34H,12-13H2,1-3H3,(H,28,35)(H,31,32). The summed E-state index contributed by atoms with van der Waals surface area (Å²) in [6.07, 6.45) is 1.63. The van der Waals surface area contributed by atoms with E-state index >= 15 is 0 Å². The van der Waals surface area contributed by atoms with E-state index in [1.54, 1.807) is 22.7 Å². The van der Waals surface area contributed by atoms with Crippen molar-refractivity contribution in [2.45, 2.75) is 26.2 Å². The first-order valence-electron chi connectivity index (χ1n) is 11.3. The molecule has 0 saturated carbocycles. The van der Waals surface area contributed by atoms with Crippen LogP contribution >= 0.6 is 0 Å². The van der Waals surface area contributed by atoms with Crippen molar-refractivity contribution in [3.63, 3.8) is 0 Å². The van der Waals surface area contributed by atoms with Crippen molar-refractivity contribution >= 4 is 22.6 Å². The van der Waals surface area contributed by atoms with E-state index in [0.717, 1.165) is 22.5 Å². The number of aromatic amines is 1. The molecule has 0 fully saturated rings. The Morgan fingerprint density at radius 2 is 1.80 bits per heavy atom. The van der Waals surface area contributed by atoms with Crippen molar-refractivity contribution < 1.29 is 14.3 Å². The van der Waals surface area contributed by atoms with E-state index in [9.17, 15) is 9.18 Å². The average molecular weight is 473 g/mol. The number of hydrogen-bond donors (Lipinski definition) is 3. The lowest BCUT2D eigenvalue weighted by Gasteiger charge is -2.14. The van der Waals surface area contributed by atoms with Crippen LogP contribution in [0.4, 0.5) is 4.39 Å². The average Bonchev–Trinajstić information content (AvgIpc) is 3.48. The summed E-state index contributed by atoms with van der Waals surface area (Å²) >= 11 is 0. The first-order chi connectivity index (χ1) is 16.7. The van der Waals surface area contributed by atoms with Gasteiger partial charge < -0.3 is 15.4 Å². The number of imidazole rings is 2. The highest BCUT2D eigenvalue weighted by Gasteiger charge is 2.23. The van der Waals surface area contributed by atoms with Crippen LogP contribution in [0.3, 0.4) is 0 Å². The second-order valence-corrected chi connectivity index (χ2v) is 9.34. The van der Waals surface area contributed by atoms with Gasteiger partial charge in [-0.25, -0.2) is 19.3 Å². The molecule has 4 aromatic heterocycles. The minimum Gasteiger partial charge on any atom is -0.395 e. The van der Waals surface area contributed by atoms with Crippen LogP contribution in [0, 0.1) is 5.82 Å². The summed E-state index contributed by atoms with van der Waals surface area (Å²) < 4.78 is 15.3. The third-order valence-electron chi connectivity index (χ3n) is 5.70. The highest BCUT2D eigenvalue weighted by molar-refractivity contribution is 5.93. The molecule has 5 rings (SSSR count). The molecular formula is C26H25FN6O2. The minimum absolute atomic E-state index is 0.149. The summed E-state index contributed by atoms with van der Waals surface area (Å²) in [6, 6.07) is 13.8. The Balaban J connectivity index is 1.67. The number of amides is 1. The minimum atomic E-state index is -0.367. The van der Waals surface area contributed by atoms with Gasteiger partial charge in [-0.2, -0.15) is 0 Å². The molecule has 0 radical (unpaired) electrons. The molecule has 0 aliphatic carbocycles. The fourth-order valence-corrected chi connectivity index (χ4v) is 3.87. The van der Waals surface area contributed by atoms with Crippen molar-refractivity contribution in [1.82, 2.24) is 29.7 Å². The summed E-state index contributed by atoms with van der Waals surface area (Å²) in [4.78, 5) is 30.0. The van der Waals surface area contributed by atoms with Crippen LogP contribution in [0.5, 0.6) is 0 Å². The Labute approximate surface area is 200 Å². The van der Waals surface area contributed by atoms with Gasteiger partial charge in [-0.3, -0.25) is 9.20 Å². The van der Waals surface area contributed by atoms with Crippen molar-refractivity contribution in [3.8, 4) is 22.6 Å². The largest absolute Gasteiger partial charge is 0.395 e. The fourth-order valence-electron chi connectivity index (χ4n) is 3.87. The van der Waals surface area contributed by atoms with Crippen molar-refractivity contribution in [2.75, 3.05) is 13.2 Å². The number of carbonyl (C=O) groups excluding carboxylic acids is 1. The number of H-pyrrole nitrogens is 1. The van der Waals surface area contributed by atoms with Gasteiger partial charge in [0, 0.05) is 29.1 Å². The Morgan fingerprint density at radius 1 is 1.06 bits per heavy atom. The number of nitrogens with one attached hydrogen (secondary N) is 2. The first-order valence-corrected chi connectivity index (χ1v) is 11.3. The number of halogens is 1. The predicted octanol–water partition coefficient (Wildman–Crippen LogP) is 4.10. The molecule has 0 bridgehead atoms. The zero-order valence-electron chi connectivity index (χ0n) is 19.6. The maximum atomic E-state index is 13.6. The highest BCUT2D eigenvalue weighted by Crippen LogP contribution is 2.33. The SMILES string of the molecule is CC(C)(C)c1nc(-c2ccc(F)cc2)c(-c2ccc3ccc4nc(C(=O)NCCO)cn4c3n2)[nH]1. The van der Waals surface area contributed by atoms with Gasteiger partial charge >= 0.3 is 0 Å². The third-order valence-corrected chi connectivity index (χ3v) is 5.70. The number of aromatic nitrogens is 5. The van der Waals surface area contributed by atoms with Gasteiger partial charge in [-0.05, 0) is 48.5 Å². The fraction of sp³-hybridized carbons (Fsp3) is 0.231. The molecule has 0 spiro atoms. The van der Waals surface area contributed by atoms with Gasteiger partial charge in [0.05, 0.1) is 23.7 Å². The van der Waals surface area contributed by atoms with E-state index in [1.165, 1.54) is 12.1 Å². The Morgan fingerprint density at radius 3 is 2.51 bits per heavy atom. The molecule has 4 heterocycles. The lowest BCUT2D eigenvalue weighted by Crippen LogP contribution is -2.26. The van der Waals surface area contributed by atoms with Crippen LogP contribution in [0.25, 0.3) is 39.3 Å². The van der Waals surface area contributed by atoms with Gasteiger partial charge in [0.1, 0.15) is 28.6 Å². The number of fused-ring (bicyclic) bond motifs is 3. The van der Waals surface area contributed by atoms with Gasteiger partial charge in [-0.1, -0.05) is 20.8 Å². The normalized spacial score (nSPS) is 11.9. The molecular weight excluding hydrogens is 447 g/mol. The number of aliphatic hydroxyl groups is 1. The lowest BCUT2D eigenvalue weighted by atomic mass is 9.96. The van der Waals surface area contributed by atoms with E-state index in [-0.39, 0.29) is 36.0 Å². The molecule has 8 nitrogen and oxygen atoms in total. The van der Waals surface area contributed by atoms with Crippen LogP contribution in [-0.2, 0) is 5.41 Å². The van der Waals surface area contributed by atoms with E-state index in [0.29, 0.717) is 22.7 Å². The second kappa shape index (κ2) is 8.59. The number of aliphatic hydroxyl groups excluding tert-OH is 1. The molecule has 0 aliphatic rings. The summed E-state index contributed by atoms with van der Waals surface area (Å²) in [5, 5.41) is 12.5. The van der Waals surface area contributed by atoms with Gasteiger partial charge in [0.2, 0.25) is 0 Å². The number of pyridine rings is 2. The molecule has 5 aromatic rings. The number of hydrogen-bond acceptors (Lipinski definition) is 5. The van der Waals surface area contributed by atoms with Crippen LogP contribution in [-0.4, -0.2) is 48.5 Å². The van der Waals surface area contributed by atoms with Crippen LogP contribution in [0.2, 0.25) is 0 Å². The van der Waals surface area contributed by atoms with E-state index in [1.807, 2.05) is 24.3 Å². The van der Waals surface area contributed by atoms with Gasteiger partial charge in [0.25, 0.3) is 5.91 Å². The monoisotopic (exact) mass is 472 g/mol. The van der Waals surface area contributed by atoms with Crippen LogP contribution < -0.4 is 5.32 Å². The summed E-state index contributed by atoms with van der Waals surface area (Å²) in [5.41, 5.74) is 4.05. The molecule has 1 amide bonds. The first kappa shape index (κ1) is 22.7. The lowest BCUT2D eigenvalue weighted by molar-refractivity contribution is 0.0940. The molecule has 178 valence electrons. The molecule has 0 saturated heterocycles. The quantitative estimate of drug-likeness (QED) is 0.357. The predicted molar refractivity (Wildman–Crippen MR) is 132 cm³/mol. The van der Waals surface area contributed by atoms with Crippen molar-refractivity contribution in [3.05, 3.63) is 72.1 Å². The summed E-state index contributed by atoms with van der Waals surface area (Å²) in [7, 11) is 0. The number of carbonyl (C=O) groups is 1. The van der Waals surface area contributed by atoms with E-state index in [2.05, 4.69) is 36.1 Å². The second-order valence-electron chi connectivity index (χ2n) is 9.34. The molecule has 3 N–H and O–H groups in total. The molecule has 0 aliphatic heterocycles. The highest BCUT2D eigenvalue weighted by atomic mass is 19.1. The Kier molecular flexibility index (Phi) is 5.56. The van der Waals surface area contributed by atoms with Gasteiger partial charge in [0.15, 0.2) is 0 Å². The summed E-state index contributed by atoms with van der Waals surface area (Å²) in [5.74, 6) is 0.110. The number of rotatable bonds is 5. The molecule has 1 aromatic carbocycles. The Bertz CT molecular complexity index is 1550. The number of benzene rings is 1. The van der Waals surface area contributed by atoms with E-state index in [4.69, 9.17) is 15.1 Å².